The van der Waals surface area contributed by atoms with E-state index in [1.807, 2.05) is 12.1 Å². The van der Waals surface area contributed by atoms with Crippen molar-refractivity contribution >= 4 is 0 Å². The fourth-order valence-electron chi connectivity index (χ4n) is 2.63. The van der Waals surface area contributed by atoms with Crippen LogP contribution in [0, 0.1) is 0 Å². The largest absolute Gasteiger partial charge is 0.495 e. The second-order valence-electron chi connectivity index (χ2n) is 5.42. The van der Waals surface area contributed by atoms with Gasteiger partial charge >= 0.3 is 0 Å². The SMILES string of the molecule is COc1cccnc1C(N)C(C)(C)N1CCCC1. The number of pyridine rings is 1. The molecule has 1 aliphatic rings. The van der Waals surface area contributed by atoms with Crippen molar-refractivity contribution < 1.29 is 4.74 Å². The lowest BCUT2D eigenvalue weighted by Gasteiger charge is -2.40. The molecule has 4 nitrogen and oxygen atoms in total. The smallest absolute Gasteiger partial charge is 0.142 e. The first-order chi connectivity index (χ1) is 8.57. The summed E-state index contributed by atoms with van der Waals surface area (Å²) in [5, 5.41) is 0. The van der Waals surface area contributed by atoms with E-state index in [9.17, 15) is 0 Å². The van der Waals surface area contributed by atoms with Gasteiger partial charge in [0, 0.05) is 11.7 Å². The van der Waals surface area contributed by atoms with Crippen molar-refractivity contribution in [2.75, 3.05) is 20.2 Å². The summed E-state index contributed by atoms with van der Waals surface area (Å²) in [4.78, 5) is 6.86. The lowest BCUT2D eigenvalue weighted by atomic mass is 9.90. The van der Waals surface area contributed by atoms with Gasteiger partial charge in [-0.15, -0.1) is 0 Å². The topological polar surface area (TPSA) is 51.4 Å². The van der Waals surface area contributed by atoms with Gasteiger partial charge in [0.05, 0.1) is 13.2 Å². The molecule has 4 heteroatoms. The first-order valence-electron chi connectivity index (χ1n) is 6.57. The minimum absolute atomic E-state index is 0.0991. The predicted molar refractivity (Wildman–Crippen MR) is 72.6 cm³/mol. The van der Waals surface area contributed by atoms with Crippen LogP contribution in [0.1, 0.15) is 38.4 Å². The summed E-state index contributed by atoms with van der Waals surface area (Å²) < 4.78 is 5.36. The van der Waals surface area contributed by atoms with Gasteiger partial charge in [0.25, 0.3) is 0 Å². The van der Waals surface area contributed by atoms with Crippen LogP contribution in [0.15, 0.2) is 18.3 Å². The van der Waals surface area contributed by atoms with Crippen LogP contribution in [0.4, 0.5) is 0 Å². The van der Waals surface area contributed by atoms with Gasteiger partial charge in [-0.1, -0.05) is 0 Å². The second-order valence-corrected chi connectivity index (χ2v) is 5.42. The van der Waals surface area contributed by atoms with E-state index in [1.165, 1.54) is 12.8 Å². The zero-order chi connectivity index (χ0) is 13.2. The highest BCUT2D eigenvalue weighted by molar-refractivity contribution is 5.31. The van der Waals surface area contributed by atoms with Crippen LogP contribution < -0.4 is 10.5 Å². The van der Waals surface area contributed by atoms with Crippen LogP contribution in [0.2, 0.25) is 0 Å². The molecule has 1 atom stereocenters. The molecule has 18 heavy (non-hydrogen) atoms. The molecular weight excluding hydrogens is 226 g/mol. The van der Waals surface area contributed by atoms with E-state index in [2.05, 4.69) is 23.7 Å². The molecule has 0 amide bonds. The van der Waals surface area contributed by atoms with Crippen molar-refractivity contribution in [3.05, 3.63) is 24.0 Å². The van der Waals surface area contributed by atoms with Crippen LogP contribution in [0.5, 0.6) is 5.75 Å². The molecule has 2 rings (SSSR count). The highest BCUT2D eigenvalue weighted by atomic mass is 16.5. The molecule has 1 aromatic rings. The van der Waals surface area contributed by atoms with Crippen LogP contribution in [0.25, 0.3) is 0 Å². The zero-order valence-electron chi connectivity index (χ0n) is 11.5. The first kappa shape index (κ1) is 13.3. The first-order valence-corrected chi connectivity index (χ1v) is 6.57. The Balaban J connectivity index is 2.26. The summed E-state index contributed by atoms with van der Waals surface area (Å²) >= 11 is 0. The van der Waals surface area contributed by atoms with Gasteiger partial charge in [0.1, 0.15) is 11.4 Å². The Labute approximate surface area is 109 Å². The lowest BCUT2D eigenvalue weighted by Crippen LogP contribution is -2.50. The molecule has 1 unspecified atom stereocenters. The molecule has 0 saturated carbocycles. The molecule has 0 aliphatic carbocycles. The van der Waals surface area contributed by atoms with Crippen LogP contribution >= 0.6 is 0 Å². The number of ether oxygens (including phenoxy) is 1. The summed E-state index contributed by atoms with van der Waals surface area (Å²) in [6.45, 7) is 6.62. The van der Waals surface area contributed by atoms with Gasteiger partial charge in [0.2, 0.25) is 0 Å². The third kappa shape index (κ3) is 2.35. The molecule has 0 aromatic carbocycles. The predicted octanol–water partition coefficient (Wildman–Crippen LogP) is 1.96. The van der Waals surface area contributed by atoms with E-state index in [-0.39, 0.29) is 11.6 Å². The van der Waals surface area contributed by atoms with Crippen LogP contribution in [-0.2, 0) is 0 Å². The summed E-state index contributed by atoms with van der Waals surface area (Å²) in [5.41, 5.74) is 7.19. The normalized spacial score (nSPS) is 18.9. The maximum Gasteiger partial charge on any atom is 0.142 e. The monoisotopic (exact) mass is 249 g/mol. The molecule has 1 aliphatic heterocycles. The Morgan fingerprint density at radius 2 is 2.06 bits per heavy atom. The minimum atomic E-state index is -0.147. The van der Waals surface area contributed by atoms with Gasteiger partial charge < -0.3 is 10.5 Å². The average molecular weight is 249 g/mol. The van der Waals surface area contributed by atoms with Crippen molar-refractivity contribution in [2.45, 2.75) is 38.3 Å². The minimum Gasteiger partial charge on any atom is -0.495 e. The summed E-state index contributed by atoms with van der Waals surface area (Å²) in [7, 11) is 1.66. The van der Waals surface area contributed by atoms with E-state index in [0.717, 1.165) is 24.5 Å². The second kappa shape index (κ2) is 5.24. The van der Waals surface area contributed by atoms with E-state index in [0.29, 0.717) is 0 Å². The summed E-state index contributed by atoms with van der Waals surface area (Å²) in [6.07, 6.45) is 4.29. The number of nitrogens with zero attached hydrogens (tertiary/aromatic N) is 2. The summed E-state index contributed by atoms with van der Waals surface area (Å²) in [6, 6.07) is 3.65. The Kier molecular flexibility index (Phi) is 3.88. The number of likely N-dealkylation sites (tertiary alicyclic amines) is 1. The fraction of sp³-hybridized carbons (Fsp3) is 0.643. The number of hydrogen-bond donors (Lipinski definition) is 1. The number of nitrogens with two attached hydrogens (primary N) is 1. The Morgan fingerprint density at radius 1 is 1.39 bits per heavy atom. The average Bonchev–Trinajstić information content (AvgIpc) is 2.92. The highest BCUT2D eigenvalue weighted by Crippen LogP contribution is 2.34. The van der Waals surface area contributed by atoms with Crippen LogP contribution in [0.3, 0.4) is 0 Å². The van der Waals surface area contributed by atoms with Gasteiger partial charge in [-0.3, -0.25) is 9.88 Å². The van der Waals surface area contributed by atoms with Gasteiger partial charge in [-0.05, 0) is 51.9 Å². The van der Waals surface area contributed by atoms with Gasteiger partial charge in [0.15, 0.2) is 0 Å². The molecule has 0 bridgehead atoms. The Bertz CT molecular complexity index is 400. The zero-order valence-corrected chi connectivity index (χ0v) is 11.5. The standard InChI is InChI=1S/C14H23N3O/c1-14(2,17-9-4-5-10-17)13(15)12-11(18-3)7-6-8-16-12/h6-8,13H,4-5,9-10,15H2,1-3H3. The highest BCUT2D eigenvalue weighted by Gasteiger charge is 2.37. The van der Waals surface area contributed by atoms with Crippen molar-refractivity contribution in [3.63, 3.8) is 0 Å². The molecule has 2 heterocycles. The molecule has 0 radical (unpaired) electrons. The molecule has 1 fully saturated rings. The molecule has 1 aromatic heterocycles. The number of hydrogen-bond acceptors (Lipinski definition) is 4. The molecule has 0 spiro atoms. The van der Waals surface area contributed by atoms with Crippen LogP contribution in [-0.4, -0.2) is 35.6 Å². The van der Waals surface area contributed by atoms with Crippen molar-refractivity contribution in [1.29, 1.82) is 0 Å². The number of rotatable bonds is 4. The molecular formula is C14H23N3O. The van der Waals surface area contributed by atoms with Crippen molar-refractivity contribution in [2.24, 2.45) is 5.73 Å². The number of aromatic nitrogens is 1. The van der Waals surface area contributed by atoms with Gasteiger partial charge in [-0.2, -0.15) is 0 Å². The fourth-order valence-corrected chi connectivity index (χ4v) is 2.63. The van der Waals surface area contributed by atoms with Crippen molar-refractivity contribution in [1.82, 2.24) is 9.88 Å². The summed E-state index contributed by atoms with van der Waals surface area (Å²) in [5.74, 6) is 0.775. The lowest BCUT2D eigenvalue weighted by molar-refractivity contribution is 0.121. The molecule has 2 N–H and O–H groups in total. The van der Waals surface area contributed by atoms with Crippen molar-refractivity contribution in [3.8, 4) is 5.75 Å². The quantitative estimate of drug-likeness (QED) is 0.886. The van der Waals surface area contributed by atoms with E-state index < -0.39 is 0 Å². The van der Waals surface area contributed by atoms with E-state index >= 15 is 0 Å². The molecule has 1 saturated heterocycles. The van der Waals surface area contributed by atoms with E-state index in [1.54, 1.807) is 13.3 Å². The third-order valence-electron chi connectivity index (χ3n) is 4.00. The Morgan fingerprint density at radius 3 is 2.67 bits per heavy atom. The maximum atomic E-state index is 6.44. The number of methoxy groups -OCH3 is 1. The third-order valence-corrected chi connectivity index (χ3v) is 4.00. The van der Waals surface area contributed by atoms with Gasteiger partial charge in [-0.25, -0.2) is 0 Å². The molecule has 100 valence electrons. The Hall–Kier alpha value is -1.13. The van der Waals surface area contributed by atoms with E-state index in [4.69, 9.17) is 10.5 Å². The maximum absolute atomic E-state index is 6.44.